The molecule has 2 rings (SSSR count). The van der Waals surface area contributed by atoms with Gasteiger partial charge in [-0.05, 0) is 44.9 Å². The van der Waals surface area contributed by atoms with Crippen molar-refractivity contribution in [2.24, 2.45) is 4.99 Å². The third-order valence-corrected chi connectivity index (χ3v) is 4.63. The van der Waals surface area contributed by atoms with Gasteiger partial charge in [-0.1, -0.05) is 22.0 Å². The number of hydrogen-bond donors (Lipinski definition) is 2. The molecule has 0 spiro atoms. The van der Waals surface area contributed by atoms with Crippen LogP contribution in [0.5, 0.6) is 5.75 Å². The maximum absolute atomic E-state index is 11.8. The quantitative estimate of drug-likeness (QED) is 0.387. The molecule has 1 aliphatic rings. The summed E-state index contributed by atoms with van der Waals surface area (Å²) in [6.07, 6.45) is 1.52. The van der Waals surface area contributed by atoms with Gasteiger partial charge in [-0.15, -0.1) is 0 Å². The molecule has 1 aromatic carbocycles. The van der Waals surface area contributed by atoms with Gasteiger partial charge in [0.1, 0.15) is 12.4 Å². The minimum absolute atomic E-state index is 0.221. The first kappa shape index (κ1) is 21.3. The van der Waals surface area contributed by atoms with Crippen molar-refractivity contribution in [1.82, 2.24) is 15.5 Å². The lowest BCUT2D eigenvalue weighted by molar-refractivity contribution is 0.0963. The highest BCUT2D eigenvalue weighted by molar-refractivity contribution is 9.10. The summed E-state index contributed by atoms with van der Waals surface area (Å²) in [6, 6.07) is 8.06. The lowest BCUT2D eigenvalue weighted by Gasteiger charge is -2.32. The minimum Gasteiger partial charge on any atom is -0.492 e. The molecule has 0 radical (unpaired) electrons. The topological polar surface area (TPSA) is 75.2 Å². The average molecular weight is 441 g/mol. The van der Waals surface area contributed by atoms with Gasteiger partial charge in [0.2, 0.25) is 0 Å². The number of nitrogens with zero attached hydrogens (tertiary/aromatic N) is 2. The summed E-state index contributed by atoms with van der Waals surface area (Å²) in [5, 5.41) is 6.72. The Kier molecular flexibility index (Phi) is 9.24. The van der Waals surface area contributed by atoms with Crippen molar-refractivity contribution < 1.29 is 14.3 Å². The SMILES string of the molecule is CCNC(=NCCOc1cccc(Br)c1)NC1CCN(C(=O)OCC)CC1. The number of hydrogen-bond acceptors (Lipinski definition) is 4. The van der Waals surface area contributed by atoms with Crippen molar-refractivity contribution in [3.05, 3.63) is 28.7 Å². The predicted octanol–water partition coefficient (Wildman–Crippen LogP) is 3.00. The van der Waals surface area contributed by atoms with Gasteiger partial charge in [0, 0.05) is 30.1 Å². The van der Waals surface area contributed by atoms with E-state index in [0.717, 1.165) is 35.6 Å². The highest BCUT2D eigenvalue weighted by atomic mass is 79.9. The molecule has 1 heterocycles. The number of ether oxygens (including phenoxy) is 2. The Morgan fingerprint density at radius 2 is 2.11 bits per heavy atom. The summed E-state index contributed by atoms with van der Waals surface area (Å²) in [5.74, 6) is 1.61. The van der Waals surface area contributed by atoms with Crippen molar-refractivity contribution in [2.75, 3.05) is 39.4 Å². The van der Waals surface area contributed by atoms with E-state index in [0.29, 0.717) is 38.9 Å². The van der Waals surface area contributed by atoms with Crippen molar-refractivity contribution in [2.45, 2.75) is 32.7 Å². The molecule has 0 saturated carbocycles. The normalized spacial score (nSPS) is 15.4. The van der Waals surface area contributed by atoms with E-state index in [-0.39, 0.29) is 6.09 Å². The minimum atomic E-state index is -0.221. The predicted molar refractivity (Wildman–Crippen MR) is 110 cm³/mol. The number of halogens is 1. The Hall–Kier alpha value is -1.96. The first-order valence-corrected chi connectivity index (χ1v) is 10.3. The molecule has 1 aliphatic heterocycles. The highest BCUT2D eigenvalue weighted by Crippen LogP contribution is 2.17. The summed E-state index contributed by atoms with van der Waals surface area (Å²) in [7, 11) is 0. The monoisotopic (exact) mass is 440 g/mol. The van der Waals surface area contributed by atoms with Gasteiger partial charge < -0.3 is 25.0 Å². The van der Waals surface area contributed by atoms with E-state index >= 15 is 0 Å². The lowest BCUT2D eigenvalue weighted by Crippen LogP contribution is -2.50. The maximum Gasteiger partial charge on any atom is 0.409 e. The first-order chi connectivity index (χ1) is 13.1. The third-order valence-electron chi connectivity index (χ3n) is 4.13. The summed E-state index contributed by atoms with van der Waals surface area (Å²) in [5.41, 5.74) is 0. The Morgan fingerprint density at radius 3 is 2.78 bits per heavy atom. The number of guanidine groups is 1. The molecular weight excluding hydrogens is 412 g/mol. The first-order valence-electron chi connectivity index (χ1n) is 9.47. The summed E-state index contributed by atoms with van der Waals surface area (Å²) in [6.45, 7) is 7.53. The van der Waals surface area contributed by atoms with Crippen LogP contribution in [0.3, 0.4) is 0 Å². The van der Waals surface area contributed by atoms with Gasteiger partial charge in [-0.25, -0.2) is 9.79 Å². The van der Waals surface area contributed by atoms with E-state index in [2.05, 4.69) is 31.6 Å². The second-order valence-corrected chi connectivity index (χ2v) is 7.09. The van der Waals surface area contributed by atoms with Crippen LogP contribution in [0.25, 0.3) is 0 Å². The zero-order valence-corrected chi connectivity index (χ0v) is 17.6. The van der Waals surface area contributed by atoms with Crippen LogP contribution in [0.1, 0.15) is 26.7 Å². The molecule has 8 heteroatoms. The van der Waals surface area contributed by atoms with Crippen molar-refractivity contribution in [3.63, 3.8) is 0 Å². The fraction of sp³-hybridized carbons (Fsp3) is 0.579. The number of rotatable bonds is 7. The number of carbonyl (C=O) groups is 1. The van der Waals surface area contributed by atoms with Crippen molar-refractivity contribution >= 4 is 28.0 Å². The van der Waals surface area contributed by atoms with Crippen LogP contribution in [-0.2, 0) is 4.74 Å². The molecule has 0 bridgehead atoms. The molecule has 1 aromatic rings. The molecule has 0 aliphatic carbocycles. The Bertz CT molecular complexity index is 619. The van der Waals surface area contributed by atoms with Crippen LogP contribution in [0.15, 0.2) is 33.7 Å². The van der Waals surface area contributed by atoms with E-state index in [1.165, 1.54) is 0 Å². The summed E-state index contributed by atoms with van der Waals surface area (Å²) < 4.78 is 11.8. The number of carbonyl (C=O) groups excluding carboxylic acids is 1. The van der Waals surface area contributed by atoms with E-state index in [1.54, 1.807) is 4.90 Å². The van der Waals surface area contributed by atoms with E-state index < -0.39 is 0 Å². The Morgan fingerprint density at radius 1 is 1.33 bits per heavy atom. The molecule has 0 unspecified atom stereocenters. The van der Waals surface area contributed by atoms with Crippen LogP contribution >= 0.6 is 15.9 Å². The number of aliphatic imine (C=N–C) groups is 1. The van der Waals surface area contributed by atoms with E-state index in [1.807, 2.05) is 38.1 Å². The largest absolute Gasteiger partial charge is 0.492 e. The fourth-order valence-corrected chi connectivity index (χ4v) is 3.19. The molecule has 7 nitrogen and oxygen atoms in total. The van der Waals surface area contributed by atoms with Crippen LogP contribution in [0.4, 0.5) is 4.79 Å². The Balaban J connectivity index is 1.76. The standard InChI is InChI=1S/C19H29BrN4O3/c1-3-21-18(22-10-13-27-17-7-5-6-15(20)14-17)23-16-8-11-24(12-9-16)19(25)26-4-2/h5-7,14,16H,3-4,8-13H2,1-2H3,(H2,21,22,23). The molecular formula is C19H29BrN4O3. The van der Waals surface area contributed by atoms with Crippen molar-refractivity contribution in [1.29, 1.82) is 0 Å². The number of likely N-dealkylation sites (tertiary alicyclic amines) is 1. The fourth-order valence-electron chi connectivity index (χ4n) is 2.81. The number of benzene rings is 1. The van der Waals surface area contributed by atoms with Crippen LogP contribution in [0, 0.1) is 0 Å². The molecule has 0 aromatic heterocycles. The number of amides is 1. The van der Waals surface area contributed by atoms with Gasteiger partial charge in [0.15, 0.2) is 5.96 Å². The third kappa shape index (κ3) is 7.66. The Labute approximate surface area is 169 Å². The van der Waals surface area contributed by atoms with Gasteiger partial charge in [0.25, 0.3) is 0 Å². The zero-order valence-electron chi connectivity index (χ0n) is 16.0. The van der Waals surface area contributed by atoms with Crippen molar-refractivity contribution in [3.8, 4) is 5.75 Å². The average Bonchev–Trinajstić information content (AvgIpc) is 2.66. The smallest absolute Gasteiger partial charge is 0.409 e. The van der Waals surface area contributed by atoms with Gasteiger partial charge in [0.05, 0.1) is 13.2 Å². The van der Waals surface area contributed by atoms with Crippen LogP contribution < -0.4 is 15.4 Å². The number of piperidine rings is 1. The molecule has 27 heavy (non-hydrogen) atoms. The second kappa shape index (κ2) is 11.7. The lowest BCUT2D eigenvalue weighted by atomic mass is 10.1. The van der Waals surface area contributed by atoms with Crippen LogP contribution in [-0.4, -0.2) is 62.4 Å². The summed E-state index contributed by atoms with van der Waals surface area (Å²) >= 11 is 3.43. The van der Waals surface area contributed by atoms with E-state index in [4.69, 9.17) is 9.47 Å². The molecule has 1 saturated heterocycles. The molecule has 150 valence electrons. The molecule has 0 atom stereocenters. The summed E-state index contributed by atoms with van der Waals surface area (Å²) in [4.78, 5) is 18.1. The van der Waals surface area contributed by atoms with E-state index in [9.17, 15) is 4.79 Å². The molecule has 1 amide bonds. The van der Waals surface area contributed by atoms with Crippen LogP contribution in [0.2, 0.25) is 0 Å². The van der Waals surface area contributed by atoms with Gasteiger partial charge in [-0.2, -0.15) is 0 Å². The van der Waals surface area contributed by atoms with Gasteiger partial charge >= 0.3 is 6.09 Å². The molecule has 1 fully saturated rings. The molecule has 2 N–H and O–H groups in total. The highest BCUT2D eigenvalue weighted by Gasteiger charge is 2.23. The number of nitrogens with one attached hydrogen (secondary N) is 2. The second-order valence-electron chi connectivity index (χ2n) is 6.17. The van der Waals surface area contributed by atoms with Gasteiger partial charge in [-0.3, -0.25) is 0 Å². The maximum atomic E-state index is 11.8. The zero-order chi connectivity index (χ0) is 19.5.